The molecule has 0 aliphatic heterocycles. The maximum absolute atomic E-state index is 10.2. The summed E-state index contributed by atoms with van der Waals surface area (Å²) in [6.07, 6.45) is 0.189. The van der Waals surface area contributed by atoms with Crippen molar-refractivity contribution >= 4 is 11.0 Å². The van der Waals surface area contributed by atoms with Gasteiger partial charge in [0.2, 0.25) is 0 Å². The van der Waals surface area contributed by atoms with Crippen LogP contribution in [0.4, 0.5) is 0 Å². The molecule has 0 radical (unpaired) electrons. The summed E-state index contributed by atoms with van der Waals surface area (Å²) in [5.41, 5.74) is 2.06. The summed E-state index contributed by atoms with van der Waals surface area (Å²) in [6.45, 7) is 9.26. The molecule has 0 aliphatic carbocycles. The van der Waals surface area contributed by atoms with Crippen LogP contribution in [0.5, 0.6) is 0 Å². The third kappa shape index (κ3) is 3.37. The zero-order valence-corrected chi connectivity index (χ0v) is 12.0. The van der Waals surface area contributed by atoms with E-state index in [-0.39, 0.29) is 0 Å². The van der Waals surface area contributed by atoms with Crippen LogP contribution in [-0.4, -0.2) is 29.6 Å². The molecular formula is C16H23NO2. The van der Waals surface area contributed by atoms with E-state index in [1.807, 2.05) is 18.2 Å². The van der Waals surface area contributed by atoms with Crippen molar-refractivity contribution in [2.45, 2.75) is 33.3 Å². The molecule has 0 amide bonds. The molecule has 19 heavy (non-hydrogen) atoms. The van der Waals surface area contributed by atoms with Gasteiger partial charge in [-0.15, -0.1) is 0 Å². The van der Waals surface area contributed by atoms with Crippen molar-refractivity contribution in [1.29, 1.82) is 0 Å². The monoisotopic (exact) mass is 261 g/mol. The highest BCUT2D eigenvalue weighted by Crippen LogP contribution is 2.26. The first kappa shape index (κ1) is 14.1. The molecule has 3 nitrogen and oxygen atoms in total. The third-order valence-electron chi connectivity index (χ3n) is 3.63. The van der Waals surface area contributed by atoms with Crippen LogP contribution in [0.2, 0.25) is 0 Å². The molecule has 1 heterocycles. The van der Waals surface area contributed by atoms with Crippen molar-refractivity contribution in [3.8, 4) is 0 Å². The molecule has 0 fully saturated rings. The molecule has 0 aliphatic rings. The average Bonchev–Trinajstić information content (AvgIpc) is 2.82. The predicted octanol–water partition coefficient (Wildman–Crippen LogP) is 3.51. The molecule has 1 unspecified atom stereocenters. The number of hydrogen-bond donors (Lipinski definition) is 1. The minimum absolute atomic E-state index is 0.520. The number of aliphatic hydroxyl groups excluding tert-OH is 1. The molecule has 0 saturated heterocycles. The van der Waals surface area contributed by atoms with Crippen LogP contribution in [0.3, 0.4) is 0 Å². The Labute approximate surface area is 114 Å². The molecule has 0 saturated carbocycles. The van der Waals surface area contributed by atoms with Gasteiger partial charge in [0, 0.05) is 11.9 Å². The average molecular weight is 261 g/mol. The summed E-state index contributed by atoms with van der Waals surface area (Å²) in [7, 11) is 0. The fourth-order valence-electron chi connectivity index (χ4n) is 2.33. The zero-order chi connectivity index (χ0) is 13.8. The van der Waals surface area contributed by atoms with Gasteiger partial charge < -0.3 is 14.4 Å². The van der Waals surface area contributed by atoms with Gasteiger partial charge in [-0.1, -0.05) is 25.5 Å². The molecule has 0 spiro atoms. The summed E-state index contributed by atoms with van der Waals surface area (Å²) in [4.78, 5) is 2.30. The highest BCUT2D eigenvalue weighted by Gasteiger charge is 2.14. The SMILES string of the molecule is CCN(CC)CCC(O)c1cc2cc(C)ccc2o1. The van der Waals surface area contributed by atoms with E-state index in [9.17, 15) is 5.11 Å². The number of rotatable bonds is 6. The van der Waals surface area contributed by atoms with Crippen LogP contribution in [0.1, 0.15) is 37.7 Å². The molecule has 1 N–H and O–H groups in total. The van der Waals surface area contributed by atoms with Gasteiger partial charge in [-0.3, -0.25) is 0 Å². The second-order valence-corrected chi connectivity index (χ2v) is 5.02. The van der Waals surface area contributed by atoms with E-state index in [4.69, 9.17) is 4.42 Å². The maximum Gasteiger partial charge on any atom is 0.134 e. The summed E-state index contributed by atoms with van der Waals surface area (Å²) in [5, 5.41) is 11.3. The minimum atomic E-state index is -0.520. The van der Waals surface area contributed by atoms with E-state index in [2.05, 4.69) is 31.7 Å². The lowest BCUT2D eigenvalue weighted by Crippen LogP contribution is -2.25. The topological polar surface area (TPSA) is 36.6 Å². The molecule has 2 rings (SSSR count). The van der Waals surface area contributed by atoms with Crippen LogP contribution in [0.15, 0.2) is 28.7 Å². The number of nitrogens with zero attached hydrogens (tertiary/aromatic N) is 1. The zero-order valence-electron chi connectivity index (χ0n) is 12.0. The van der Waals surface area contributed by atoms with Crippen molar-refractivity contribution in [3.05, 3.63) is 35.6 Å². The Bertz CT molecular complexity index is 529. The van der Waals surface area contributed by atoms with Gasteiger partial charge in [-0.05, 0) is 44.6 Å². The second kappa shape index (κ2) is 6.22. The van der Waals surface area contributed by atoms with Crippen molar-refractivity contribution in [3.63, 3.8) is 0 Å². The lowest BCUT2D eigenvalue weighted by molar-refractivity contribution is 0.124. The van der Waals surface area contributed by atoms with E-state index in [0.717, 1.165) is 30.6 Å². The molecule has 1 atom stereocenters. The summed E-state index contributed by atoms with van der Waals surface area (Å²) < 4.78 is 5.72. The van der Waals surface area contributed by atoms with E-state index < -0.39 is 6.10 Å². The molecular weight excluding hydrogens is 238 g/mol. The number of fused-ring (bicyclic) bond motifs is 1. The summed E-state index contributed by atoms with van der Waals surface area (Å²) in [6, 6.07) is 8.03. The van der Waals surface area contributed by atoms with E-state index in [0.29, 0.717) is 12.2 Å². The van der Waals surface area contributed by atoms with Gasteiger partial charge in [-0.2, -0.15) is 0 Å². The standard InChI is InChI=1S/C16H23NO2/c1-4-17(5-2)9-8-14(18)16-11-13-10-12(3)6-7-15(13)19-16/h6-7,10-11,14,18H,4-5,8-9H2,1-3H3. The second-order valence-electron chi connectivity index (χ2n) is 5.02. The number of hydrogen-bond acceptors (Lipinski definition) is 3. The Morgan fingerprint density at radius 2 is 1.95 bits per heavy atom. The summed E-state index contributed by atoms with van der Waals surface area (Å²) in [5.74, 6) is 0.674. The first-order chi connectivity index (χ1) is 9.13. The van der Waals surface area contributed by atoms with Crippen LogP contribution in [0.25, 0.3) is 11.0 Å². The highest BCUT2D eigenvalue weighted by molar-refractivity contribution is 5.78. The highest BCUT2D eigenvalue weighted by atomic mass is 16.4. The summed E-state index contributed by atoms with van der Waals surface area (Å²) >= 11 is 0. The lowest BCUT2D eigenvalue weighted by atomic mass is 10.1. The molecule has 1 aromatic heterocycles. The van der Waals surface area contributed by atoms with Gasteiger partial charge >= 0.3 is 0 Å². The smallest absolute Gasteiger partial charge is 0.134 e. The molecule has 0 bridgehead atoms. The van der Waals surface area contributed by atoms with E-state index in [1.165, 1.54) is 5.56 Å². The fraction of sp³-hybridized carbons (Fsp3) is 0.500. The number of furan rings is 1. The Morgan fingerprint density at radius 3 is 2.63 bits per heavy atom. The first-order valence-corrected chi connectivity index (χ1v) is 7.04. The van der Waals surface area contributed by atoms with Crippen LogP contribution < -0.4 is 0 Å². The van der Waals surface area contributed by atoms with Crippen molar-refractivity contribution in [1.82, 2.24) is 4.90 Å². The predicted molar refractivity (Wildman–Crippen MR) is 78.3 cm³/mol. The van der Waals surface area contributed by atoms with Crippen molar-refractivity contribution in [2.75, 3.05) is 19.6 Å². The Kier molecular flexibility index (Phi) is 4.61. The van der Waals surface area contributed by atoms with Crippen LogP contribution in [0, 0.1) is 6.92 Å². The van der Waals surface area contributed by atoms with Crippen LogP contribution >= 0.6 is 0 Å². The molecule has 1 aromatic carbocycles. The fourth-order valence-corrected chi connectivity index (χ4v) is 2.33. The number of benzene rings is 1. The van der Waals surface area contributed by atoms with Gasteiger partial charge in [0.25, 0.3) is 0 Å². The van der Waals surface area contributed by atoms with Crippen molar-refractivity contribution < 1.29 is 9.52 Å². The Morgan fingerprint density at radius 1 is 1.21 bits per heavy atom. The Balaban J connectivity index is 2.06. The lowest BCUT2D eigenvalue weighted by Gasteiger charge is -2.19. The normalized spacial score (nSPS) is 13.3. The van der Waals surface area contributed by atoms with E-state index in [1.54, 1.807) is 0 Å². The largest absolute Gasteiger partial charge is 0.458 e. The van der Waals surface area contributed by atoms with Crippen LogP contribution in [-0.2, 0) is 0 Å². The van der Waals surface area contributed by atoms with Gasteiger partial charge in [-0.25, -0.2) is 0 Å². The third-order valence-corrected chi connectivity index (χ3v) is 3.63. The number of aliphatic hydroxyl groups is 1. The quantitative estimate of drug-likeness (QED) is 0.864. The van der Waals surface area contributed by atoms with Gasteiger partial charge in [0.1, 0.15) is 17.4 Å². The molecule has 104 valence electrons. The molecule has 3 heteroatoms. The first-order valence-electron chi connectivity index (χ1n) is 7.04. The van der Waals surface area contributed by atoms with Gasteiger partial charge in [0.05, 0.1) is 0 Å². The van der Waals surface area contributed by atoms with Crippen molar-refractivity contribution in [2.24, 2.45) is 0 Å². The molecule has 2 aromatic rings. The number of aryl methyl sites for hydroxylation is 1. The van der Waals surface area contributed by atoms with Gasteiger partial charge in [0.15, 0.2) is 0 Å². The minimum Gasteiger partial charge on any atom is -0.458 e. The van der Waals surface area contributed by atoms with E-state index >= 15 is 0 Å². The Hall–Kier alpha value is -1.32. The maximum atomic E-state index is 10.2.